The van der Waals surface area contributed by atoms with Gasteiger partial charge in [-0.15, -0.1) is 0 Å². The molecule has 158 valence electrons. The molecule has 8 nitrogen and oxygen atoms in total. The molecule has 0 bridgehead atoms. The van der Waals surface area contributed by atoms with E-state index >= 15 is 0 Å². The number of carbonyl (C=O) groups is 1. The van der Waals surface area contributed by atoms with Gasteiger partial charge < -0.3 is 14.5 Å². The molecule has 1 atom stereocenters. The summed E-state index contributed by atoms with van der Waals surface area (Å²) >= 11 is 0. The number of aromatic nitrogens is 2. The summed E-state index contributed by atoms with van der Waals surface area (Å²) in [5.41, 5.74) is 0.101. The third kappa shape index (κ3) is 3.44. The van der Waals surface area contributed by atoms with E-state index < -0.39 is 11.2 Å². The Morgan fingerprint density at radius 3 is 2.61 bits per heavy atom. The summed E-state index contributed by atoms with van der Waals surface area (Å²) in [5, 5.41) is 3.45. The molecule has 1 amide bonds. The maximum atomic E-state index is 13.4. The highest BCUT2D eigenvalue weighted by molar-refractivity contribution is 6.02. The van der Waals surface area contributed by atoms with Crippen LogP contribution in [-0.4, -0.2) is 34.3 Å². The SMILES string of the molecule is O=C(Cn1c(=O)n(-c2ccccc2)c(=O)c2oc3ccccc3c21)NCC1CCCO1. The zero-order valence-electron chi connectivity index (χ0n) is 16.7. The van der Waals surface area contributed by atoms with E-state index in [2.05, 4.69) is 5.32 Å². The molecule has 31 heavy (non-hydrogen) atoms. The Labute approximate surface area is 176 Å². The van der Waals surface area contributed by atoms with Gasteiger partial charge in [-0.05, 0) is 37.1 Å². The van der Waals surface area contributed by atoms with E-state index in [1.165, 1.54) is 4.57 Å². The summed E-state index contributed by atoms with van der Waals surface area (Å²) in [6, 6.07) is 15.7. The number of nitrogens with zero attached hydrogens (tertiary/aromatic N) is 2. The van der Waals surface area contributed by atoms with Crippen LogP contribution in [0.5, 0.6) is 0 Å². The highest BCUT2D eigenvalue weighted by Gasteiger charge is 2.22. The zero-order valence-corrected chi connectivity index (χ0v) is 16.7. The van der Waals surface area contributed by atoms with Crippen LogP contribution in [0.25, 0.3) is 27.8 Å². The number of benzene rings is 2. The summed E-state index contributed by atoms with van der Waals surface area (Å²) in [5.74, 6) is -0.331. The van der Waals surface area contributed by atoms with Crippen molar-refractivity contribution in [2.75, 3.05) is 13.2 Å². The number of nitrogens with one attached hydrogen (secondary N) is 1. The smallest absolute Gasteiger partial charge is 0.336 e. The van der Waals surface area contributed by atoms with Crippen LogP contribution in [0.1, 0.15) is 12.8 Å². The van der Waals surface area contributed by atoms with Crippen molar-refractivity contribution in [2.45, 2.75) is 25.5 Å². The molecule has 1 saturated heterocycles. The number of carbonyl (C=O) groups excluding carboxylic acids is 1. The number of hydrogen-bond donors (Lipinski definition) is 1. The van der Waals surface area contributed by atoms with Gasteiger partial charge in [-0.2, -0.15) is 0 Å². The van der Waals surface area contributed by atoms with Gasteiger partial charge in [-0.25, -0.2) is 9.36 Å². The number of para-hydroxylation sites is 2. The fraction of sp³-hybridized carbons (Fsp3) is 0.261. The highest BCUT2D eigenvalue weighted by Crippen LogP contribution is 2.25. The second kappa shape index (κ2) is 7.88. The quantitative estimate of drug-likeness (QED) is 0.535. The van der Waals surface area contributed by atoms with Crippen molar-refractivity contribution >= 4 is 28.0 Å². The first kappa shape index (κ1) is 19.3. The number of rotatable bonds is 5. The van der Waals surface area contributed by atoms with Crippen molar-refractivity contribution in [2.24, 2.45) is 0 Å². The van der Waals surface area contributed by atoms with Crippen LogP contribution in [0, 0.1) is 0 Å². The lowest BCUT2D eigenvalue weighted by Gasteiger charge is -2.14. The summed E-state index contributed by atoms with van der Waals surface area (Å²) in [4.78, 5) is 39.3. The second-order valence-corrected chi connectivity index (χ2v) is 7.56. The van der Waals surface area contributed by atoms with E-state index in [0.29, 0.717) is 35.3 Å². The summed E-state index contributed by atoms with van der Waals surface area (Å²) in [6.07, 6.45) is 1.87. The van der Waals surface area contributed by atoms with E-state index in [-0.39, 0.29) is 24.1 Å². The Balaban J connectivity index is 1.65. The molecule has 0 aliphatic carbocycles. The molecule has 1 fully saturated rings. The molecule has 0 saturated carbocycles. The Hall–Kier alpha value is -3.65. The molecule has 1 aliphatic heterocycles. The fourth-order valence-electron chi connectivity index (χ4n) is 4.03. The third-order valence-corrected chi connectivity index (χ3v) is 5.53. The van der Waals surface area contributed by atoms with Gasteiger partial charge in [0.15, 0.2) is 0 Å². The summed E-state index contributed by atoms with van der Waals surface area (Å²) in [7, 11) is 0. The first-order valence-electron chi connectivity index (χ1n) is 10.2. The Morgan fingerprint density at radius 2 is 1.84 bits per heavy atom. The molecule has 2 aromatic heterocycles. The minimum absolute atomic E-state index is 0.00582. The van der Waals surface area contributed by atoms with Crippen molar-refractivity contribution in [3.8, 4) is 5.69 Å². The minimum atomic E-state index is -0.595. The van der Waals surface area contributed by atoms with E-state index in [1.54, 1.807) is 54.6 Å². The van der Waals surface area contributed by atoms with Gasteiger partial charge in [0.25, 0.3) is 0 Å². The van der Waals surface area contributed by atoms with Gasteiger partial charge in [0.2, 0.25) is 11.5 Å². The lowest BCUT2D eigenvalue weighted by atomic mass is 10.2. The van der Waals surface area contributed by atoms with Gasteiger partial charge in [-0.1, -0.05) is 30.3 Å². The van der Waals surface area contributed by atoms with Crippen LogP contribution in [0.4, 0.5) is 0 Å². The number of ether oxygens (including phenoxy) is 1. The summed E-state index contributed by atoms with van der Waals surface area (Å²) < 4.78 is 13.7. The number of fused-ring (bicyclic) bond motifs is 3. The Bertz CT molecular complexity index is 1380. The molecular formula is C23H21N3O5. The van der Waals surface area contributed by atoms with E-state index in [9.17, 15) is 14.4 Å². The van der Waals surface area contributed by atoms with Crippen molar-refractivity contribution in [1.82, 2.24) is 14.5 Å². The molecule has 1 aliphatic rings. The first-order valence-corrected chi connectivity index (χ1v) is 10.2. The van der Waals surface area contributed by atoms with Crippen LogP contribution in [0.3, 0.4) is 0 Å². The molecule has 2 aromatic carbocycles. The van der Waals surface area contributed by atoms with E-state index in [4.69, 9.17) is 9.15 Å². The molecule has 0 spiro atoms. The topological polar surface area (TPSA) is 95.5 Å². The maximum Gasteiger partial charge on any atom is 0.336 e. The van der Waals surface area contributed by atoms with Crippen LogP contribution < -0.4 is 16.6 Å². The predicted octanol–water partition coefficient (Wildman–Crippen LogP) is 2.19. The lowest BCUT2D eigenvalue weighted by Crippen LogP contribution is -2.42. The number of amides is 1. The Morgan fingerprint density at radius 1 is 1.06 bits per heavy atom. The molecule has 0 radical (unpaired) electrons. The molecule has 1 N–H and O–H groups in total. The van der Waals surface area contributed by atoms with Gasteiger partial charge in [0, 0.05) is 18.5 Å². The average Bonchev–Trinajstić information content (AvgIpc) is 3.44. The molecule has 5 rings (SSSR count). The first-order chi connectivity index (χ1) is 15.1. The fourth-order valence-corrected chi connectivity index (χ4v) is 4.03. The maximum absolute atomic E-state index is 13.4. The molecule has 3 heterocycles. The van der Waals surface area contributed by atoms with Gasteiger partial charge >= 0.3 is 11.2 Å². The zero-order chi connectivity index (χ0) is 21.4. The van der Waals surface area contributed by atoms with Crippen molar-refractivity contribution in [3.05, 3.63) is 75.4 Å². The molecule has 4 aromatic rings. The van der Waals surface area contributed by atoms with Crippen molar-refractivity contribution in [3.63, 3.8) is 0 Å². The largest absolute Gasteiger partial charge is 0.449 e. The molecular weight excluding hydrogens is 398 g/mol. The lowest BCUT2D eigenvalue weighted by molar-refractivity contribution is -0.122. The van der Waals surface area contributed by atoms with Crippen LogP contribution in [0.2, 0.25) is 0 Å². The van der Waals surface area contributed by atoms with Gasteiger partial charge in [0.05, 0.1) is 11.8 Å². The van der Waals surface area contributed by atoms with Gasteiger partial charge in [0.1, 0.15) is 17.6 Å². The van der Waals surface area contributed by atoms with Crippen LogP contribution in [0.15, 0.2) is 68.6 Å². The average molecular weight is 419 g/mol. The monoisotopic (exact) mass is 419 g/mol. The van der Waals surface area contributed by atoms with E-state index in [0.717, 1.165) is 17.4 Å². The summed E-state index contributed by atoms with van der Waals surface area (Å²) in [6.45, 7) is 0.851. The number of hydrogen-bond acceptors (Lipinski definition) is 5. The van der Waals surface area contributed by atoms with E-state index in [1.807, 2.05) is 0 Å². The predicted molar refractivity (Wildman–Crippen MR) is 116 cm³/mol. The van der Waals surface area contributed by atoms with Crippen LogP contribution in [-0.2, 0) is 16.1 Å². The van der Waals surface area contributed by atoms with Crippen molar-refractivity contribution in [1.29, 1.82) is 0 Å². The van der Waals surface area contributed by atoms with Crippen molar-refractivity contribution < 1.29 is 13.9 Å². The third-order valence-electron chi connectivity index (χ3n) is 5.53. The van der Waals surface area contributed by atoms with Gasteiger partial charge in [-0.3, -0.25) is 14.2 Å². The standard InChI is InChI=1S/C23H21N3O5/c27-19(24-13-16-9-6-12-30-16)14-25-20-17-10-4-5-11-18(17)31-21(20)22(28)26(23(25)29)15-7-2-1-3-8-15/h1-5,7-8,10-11,16H,6,9,12-14H2,(H,24,27). The normalized spacial score (nSPS) is 16.2. The molecule has 8 heteroatoms. The minimum Gasteiger partial charge on any atom is -0.449 e. The molecule has 1 unspecified atom stereocenters. The number of furan rings is 1. The second-order valence-electron chi connectivity index (χ2n) is 7.56. The highest BCUT2D eigenvalue weighted by atomic mass is 16.5. The van der Waals surface area contributed by atoms with Crippen LogP contribution >= 0.6 is 0 Å². The Kier molecular flexibility index (Phi) is 4.91.